The Morgan fingerprint density at radius 3 is 2.74 bits per heavy atom. The molecular weight excluding hydrogens is 459 g/mol. The van der Waals surface area contributed by atoms with E-state index in [2.05, 4.69) is 25.7 Å². The van der Waals surface area contributed by atoms with Gasteiger partial charge in [-0.15, -0.1) is 0 Å². The predicted molar refractivity (Wildman–Crippen MR) is 129 cm³/mol. The Morgan fingerprint density at radius 1 is 1.12 bits per heavy atom. The average Bonchev–Trinajstić information content (AvgIpc) is 3.22. The minimum Gasteiger partial charge on any atom is -0.483 e. The molecular formula is C25H20ClFN4O3. The van der Waals surface area contributed by atoms with Crippen LogP contribution in [0.15, 0.2) is 67.3 Å². The first-order chi connectivity index (χ1) is 16.6. The fourth-order valence-corrected chi connectivity index (χ4v) is 4.01. The van der Waals surface area contributed by atoms with Crippen LogP contribution >= 0.6 is 11.6 Å². The zero-order valence-electron chi connectivity index (χ0n) is 18.2. The van der Waals surface area contributed by atoms with Gasteiger partial charge in [-0.2, -0.15) is 0 Å². The molecule has 0 amide bonds. The van der Waals surface area contributed by atoms with Crippen LogP contribution in [0.1, 0.15) is 0 Å². The zero-order valence-corrected chi connectivity index (χ0v) is 18.9. The highest BCUT2D eigenvalue weighted by atomic mass is 35.5. The number of hydrogen-bond donors (Lipinski definition) is 1. The summed E-state index contributed by atoms with van der Waals surface area (Å²) in [5.41, 5.74) is 4.27. The highest BCUT2D eigenvalue weighted by molar-refractivity contribution is 6.30. The Kier molecular flexibility index (Phi) is 7.10. The van der Waals surface area contributed by atoms with E-state index in [0.29, 0.717) is 35.1 Å². The molecule has 0 spiro atoms. The van der Waals surface area contributed by atoms with Crippen molar-refractivity contribution in [1.82, 2.24) is 19.5 Å². The Balaban J connectivity index is 0.000000868. The van der Waals surface area contributed by atoms with Gasteiger partial charge in [0, 0.05) is 59.2 Å². The maximum absolute atomic E-state index is 14.6. The summed E-state index contributed by atoms with van der Waals surface area (Å²) < 4.78 is 22.0. The molecule has 0 saturated heterocycles. The van der Waals surface area contributed by atoms with Crippen LogP contribution in [0.4, 0.5) is 4.39 Å². The van der Waals surface area contributed by atoms with Gasteiger partial charge in [-0.25, -0.2) is 14.4 Å². The third-order valence-corrected chi connectivity index (χ3v) is 5.53. The van der Waals surface area contributed by atoms with Crippen LogP contribution in [0.2, 0.25) is 5.02 Å². The van der Waals surface area contributed by atoms with Gasteiger partial charge in [-0.3, -0.25) is 9.78 Å². The normalized spacial score (nSPS) is 10.8. The first-order valence-corrected chi connectivity index (χ1v) is 10.7. The van der Waals surface area contributed by atoms with Crippen LogP contribution in [0.5, 0.6) is 0 Å². The summed E-state index contributed by atoms with van der Waals surface area (Å²) in [4.78, 5) is 21.7. The van der Waals surface area contributed by atoms with E-state index in [1.165, 1.54) is 12.1 Å². The molecule has 0 aliphatic heterocycles. The summed E-state index contributed by atoms with van der Waals surface area (Å²) in [6, 6.07) is 12.2. The van der Waals surface area contributed by atoms with Crippen molar-refractivity contribution in [2.75, 3.05) is 13.7 Å². The highest BCUT2D eigenvalue weighted by Gasteiger charge is 2.17. The molecule has 0 unspecified atom stereocenters. The summed E-state index contributed by atoms with van der Waals surface area (Å²) in [7, 11) is 1.68. The Bertz CT molecular complexity index is 1470. The minimum absolute atomic E-state index is 0.250. The largest absolute Gasteiger partial charge is 0.483 e. The fraction of sp³-hybridized carbons (Fsp3) is 0.120. The van der Waals surface area contributed by atoms with Crippen molar-refractivity contribution in [2.45, 2.75) is 6.54 Å². The van der Waals surface area contributed by atoms with E-state index in [0.717, 1.165) is 27.4 Å². The van der Waals surface area contributed by atoms with E-state index in [-0.39, 0.29) is 12.3 Å². The van der Waals surface area contributed by atoms with Crippen LogP contribution in [0.25, 0.3) is 44.3 Å². The lowest BCUT2D eigenvalue weighted by atomic mass is 9.99. The van der Waals surface area contributed by atoms with Gasteiger partial charge in [-0.05, 0) is 48.0 Å². The first-order valence-electron chi connectivity index (χ1n) is 10.3. The Labute approximate surface area is 199 Å². The van der Waals surface area contributed by atoms with E-state index in [1.807, 2.05) is 30.5 Å². The molecule has 1 aromatic carbocycles. The van der Waals surface area contributed by atoms with Crippen molar-refractivity contribution >= 4 is 40.0 Å². The second-order valence-corrected chi connectivity index (χ2v) is 7.72. The number of nitrogens with zero attached hydrogens (tertiary/aromatic N) is 4. The molecule has 0 bridgehead atoms. The number of methoxy groups -OCH3 is 1. The van der Waals surface area contributed by atoms with Gasteiger partial charge in [0.2, 0.25) is 0 Å². The van der Waals surface area contributed by atoms with Gasteiger partial charge < -0.3 is 14.4 Å². The van der Waals surface area contributed by atoms with Crippen molar-refractivity contribution < 1.29 is 19.0 Å². The van der Waals surface area contributed by atoms with Gasteiger partial charge in [0.15, 0.2) is 5.65 Å². The van der Waals surface area contributed by atoms with Crippen molar-refractivity contribution in [3.63, 3.8) is 0 Å². The van der Waals surface area contributed by atoms with Crippen molar-refractivity contribution in [3.05, 3.63) is 78.1 Å². The zero-order chi connectivity index (χ0) is 24.1. The summed E-state index contributed by atoms with van der Waals surface area (Å²) in [6.07, 6.45) is 7.37. The number of pyridine rings is 3. The number of aromatic nitrogens is 4. The van der Waals surface area contributed by atoms with E-state index in [9.17, 15) is 4.39 Å². The third-order valence-electron chi connectivity index (χ3n) is 5.30. The molecule has 172 valence electrons. The molecule has 0 fully saturated rings. The van der Waals surface area contributed by atoms with Gasteiger partial charge in [0.05, 0.1) is 24.0 Å². The topological polar surface area (TPSA) is 90.1 Å². The summed E-state index contributed by atoms with van der Waals surface area (Å²) in [6.45, 7) is 1.02. The molecule has 4 aromatic heterocycles. The van der Waals surface area contributed by atoms with E-state index >= 15 is 0 Å². The lowest BCUT2D eigenvalue weighted by Crippen LogP contribution is -2.02. The number of rotatable bonds is 5. The third kappa shape index (κ3) is 4.59. The monoisotopic (exact) mass is 478 g/mol. The second kappa shape index (κ2) is 10.4. The van der Waals surface area contributed by atoms with Crippen molar-refractivity contribution in [2.24, 2.45) is 0 Å². The molecule has 34 heavy (non-hydrogen) atoms. The smallest absolute Gasteiger partial charge is 0.290 e. The van der Waals surface area contributed by atoms with Crippen LogP contribution in [0, 0.1) is 5.82 Å². The fourth-order valence-electron chi connectivity index (χ4n) is 3.84. The van der Waals surface area contributed by atoms with Crippen LogP contribution in [-0.2, 0) is 16.1 Å². The number of ether oxygens (including phenoxy) is 1. The summed E-state index contributed by atoms with van der Waals surface area (Å²) >= 11 is 6.14. The molecule has 0 saturated carbocycles. The standard InChI is InChI=1S/C24H18ClFN4O.CH2O2/c1-31-10-9-30-14-20(16-6-8-27-13-23(16)30)18-12-22(19-11-15(25)4-5-21(19)26)29-24-17(18)3-2-7-28-24;2-1-3/h2-8,11-14H,9-10H2,1H3;1H,(H,2,3). The maximum Gasteiger partial charge on any atom is 0.290 e. The molecule has 0 radical (unpaired) electrons. The minimum atomic E-state index is -0.384. The van der Waals surface area contributed by atoms with Crippen LogP contribution in [-0.4, -0.2) is 44.8 Å². The van der Waals surface area contributed by atoms with Gasteiger partial charge >= 0.3 is 0 Å². The Hall–Kier alpha value is -3.88. The molecule has 5 rings (SSSR count). The number of carbonyl (C=O) groups is 1. The Morgan fingerprint density at radius 2 is 1.94 bits per heavy atom. The molecule has 7 nitrogen and oxygen atoms in total. The molecule has 5 aromatic rings. The SMILES string of the molecule is COCCn1cc(-c2cc(-c3cc(Cl)ccc3F)nc3ncccc23)c2ccncc21.O=CO. The van der Waals surface area contributed by atoms with E-state index < -0.39 is 0 Å². The number of carboxylic acid groups (broad SMARTS) is 1. The maximum atomic E-state index is 14.6. The molecule has 4 heterocycles. The molecule has 0 atom stereocenters. The predicted octanol–water partition coefficient (Wildman–Crippen LogP) is 5.45. The molecule has 9 heteroatoms. The van der Waals surface area contributed by atoms with E-state index in [1.54, 1.807) is 25.6 Å². The second-order valence-electron chi connectivity index (χ2n) is 7.28. The summed E-state index contributed by atoms with van der Waals surface area (Å²) in [5, 5.41) is 9.26. The molecule has 1 N–H and O–H groups in total. The van der Waals surface area contributed by atoms with E-state index in [4.69, 9.17) is 26.2 Å². The average molecular weight is 479 g/mol. The van der Waals surface area contributed by atoms with Gasteiger partial charge in [-0.1, -0.05) is 11.6 Å². The number of benzene rings is 1. The first kappa shape index (κ1) is 23.3. The van der Waals surface area contributed by atoms with Crippen molar-refractivity contribution in [1.29, 1.82) is 0 Å². The van der Waals surface area contributed by atoms with Gasteiger partial charge in [0.25, 0.3) is 6.47 Å². The van der Waals surface area contributed by atoms with Crippen LogP contribution < -0.4 is 0 Å². The number of fused-ring (bicyclic) bond motifs is 2. The summed E-state index contributed by atoms with van der Waals surface area (Å²) in [5.74, 6) is -0.384. The van der Waals surface area contributed by atoms with Crippen molar-refractivity contribution in [3.8, 4) is 22.4 Å². The number of halogens is 2. The van der Waals surface area contributed by atoms with Crippen LogP contribution in [0.3, 0.4) is 0 Å². The molecule has 0 aliphatic rings. The highest BCUT2D eigenvalue weighted by Crippen LogP contribution is 2.37. The lowest BCUT2D eigenvalue weighted by molar-refractivity contribution is -0.122. The van der Waals surface area contributed by atoms with Gasteiger partial charge in [0.1, 0.15) is 5.82 Å². The lowest BCUT2D eigenvalue weighted by Gasteiger charge is -2.10. The quantitative estimate of drug-likeness (QED) is 0.338. The molecule has 0 aliphatic carbocycles. The number of hydrogen-bond acceptors (Lipinski definition) is 5.